The lowest BCUT2D eigenvalue weighted by molar-refractivity contribution is -0.114. The Kier molecular flexibility index (Phi) is 6.91. The number of halogens is 1. The second-order valence-electron chi connectivity index (χ2n) is 6.81. The molecule has 0 radical (unpaired) electrons. The van der Waals surface area contributed by atoms with Gasteiger partial charge in [-0.1, -0.05) is 23.8 Å². The number of ether oxygens (including phenoxy) is 1. The highest BCUT2D eigenvalue weighted by molar-refractivity contribution is 7.92. The van der Waals surface area contributed by atoms with Gasteiger partial charge in [0.05, 0.1) is 17.2 Å². The summed E-state index contributed by atoms with van der Waals surface area (Å²) in [5, 5.41) is 2.54. The Morgan fingerprint density at radius 1 is 1.03 bits per heavy atom. The Morgan fingerprint density at radius 2 is 1.71 bits per heavy atom. The van der Waals surface area contributed by atoms with Crippen LogP contribution in [0, 0.1) is 12.7 Å². The number of nitrogens with zero attached hydrogens (tertiary/aromatic N) is 1. The van der Waals surface area contributed by atoms with Crippen molar-refractivity contribution in [2.75, 3.05) is 22.8 Å². The van der Waals surface area contributed by atoms with Crippen molar-refractivity contribution in [1.82, 2.24) is 0 Å². The lowest BCUT2D eigenvalue weighted by Crippen LogP contribution is -2.38. The molecule has 0 atom stereocenters. The molecule has 0 unspecified atom stereocenters. The number of rotatable bonds is 8. The van der Waals surface area contributed by atoms with Crippen molar-refractivity contribution < 1.29 is 22.3 Å². The highest BCUT2D eigenvalue weighted by atomic mass is 32.2. The summed E-state index contributed by atoms with van der Waals surface area (Å²) in [4.78, 5) is 12.7. The molecule has 0 fully saturated rings. The average molecular weight is 443 g/mol. The number of aryl methyl sites for hydroxylation is 1. The SMILES string of the molecule is CCOc1ccc(N(CC(=O)Nc2cccc(F)c2)S(=O)(=O)c2ccc(C)cc2)cc1. The lowest BCUT2D eigenvalue weighted by Gasteiger charge is -2.24. The van der Waals surface area contributed by atoms with E-state index in [-0.39, 0.29) is 10.6 Å². The summed E-state index contributed by atoms with van der Waals surface area (Å²) in [6, 6.07) is 18.2. The fraction of sp³-hybridized carbons (Fsp3) is 0.174. The van der Waals surface area contributed by atoms with Gasteiger partial charge in [-0.15, -0.1) is 0 Å². The fourth-order valence-electron chi connectivity index (χ4n) is 2.92. The lowest BCUT2D eigenvalue weighted by atomic mass is 10.2. The van der Waals surface area contributed by atoms with Gasteiger partial charge >= 0.3 is 0 Å². The van der Waals surface area contributed by atoms with Gasteiger partial charge in [-0.05, 0) is 68.4 Å². The van der Waals surface area contributed by atoms with Crippen molar-refractivity contribution >= 4 is 27.3 Å². The van der Waals surface area contributed by atoms with Gasteiger partial charge < -0.3 is 10.1 Å². The van der Waals surface area contributed by atoms with Crippen molar-refractivity contribution in [3.8, 4) is 5.75 Å². The number of sulfonamides is 1. The van der Waals surface area contributed by atoms with Gasteiger partial charge in [0.1, 0.15) is 18.1 Å². The van der Waals surface area contributed by atoms with E-state index in [1.807, 2.05) is 13.8 Å². The molecule has 8 heteroatoms. The van der Waals surface area contributed by atoms with Crippen LogP contribution in [0.3, 0.4) is 0 Å². The van der Waals surface area contributed by atoms with Crippen LogP contribution in [-0.2, 0) is 14.8 Å². The third-order valence-corrected chi connectivity index (χ3v) is 6.23. The average Bonchev–Trinajstić information content (AvgIpc) is 2.73. The van der Waals surface area contributed by atoms with Gasteiger partial charge in [-0.25, -0.2) is 12.8 Å². The van der Waals surface area contributed by atoms with Crippen LogP contribution in [-0.4, -0.2) is 27.5 Å². The van der Waals surface area contributed by atoms with Crippen LogP contribution in [0.2, 0.25) is 0 Å². The van der Waals surface area contributed by atoms with Crippen LogP contribution >= 0.6 is 0 Å². The highest BCUT2D eigenvalue weighted by Crippen LogP contribution is 2.26. The number of hydrogen-bond acceptors (Lipinski definition) is 4. The summed E-state index contributed by atoms with van der Waals surface area (Å²) in [6.07, 6.45) is 0. The molecule has 0 heterocycles. The Bertz CT molecular complexity index is 1150. The fourth-order valence-corrected chi connectivity index (χ4v) is 4.35. The number of amides is 1. The van der Waals surface area contributed by atoms with E-state index < -0.39 is 28.3 Å². The molecular weight excluding hydrogens is 419 g/mol. The third kappa shape index (κ3) is 5.61. The second-order valence-corrected chi connectivity index (χ2v) is 8.67. The van der Waals surface area contributed by atoms with E-state index in [0.29, 0.717) is 18.0 Å². The Morgan fingerprint density at radius 3 is 2.32 bits per heavy atom. The summed E-state index contributed by atoms with van der Waals surface area (Å²) >= 11 is 0. The first-order valence-corrected chi connectivity index (χ1v) is 11.1. The maximum Gasteiger partial charge on any atom is 0.264 e. The number of carbonyl (C=O) groups excluding carboxylic acids is 1. The van der Waals surface area contributed by atoms with E-state index in [9.17, 15) is 17.6 Å². The van der Waals surface area contributed by atoms with E-state index in [1.54, 1.807) is 36.4 Å². The Labute approximate surface area is 181 Å². The van der Waals surface area contributed by atoms with Crippen LogP contribution < -0.4 is 14.4 Å². The van der Waals surface area contributed by atoms with Crippen LogP contribution in [0.1, 0.15) is 12.5 Å². The van der Waals surface area contributed by atoms with E-state index >= 15 is 0 Å². The highest BCUT2D eigenvalue weighted by Gasteiger charge is 2.27. The van der Waals surface area contributed by atoms with Gasteiger partial charge in [0, 0.05) is 5.69 Å². The minimum atomic E-state index is -4.03. The molecule has 0 saturated heterocycles. The van der Waals surface area contributed by atoms with Gasteiger partial charge in [0.25, 0.3) is 10.0 Å². The molecule has 31 heavy (non-hydrogen) atoms. The number of anilines is 2. The molecule has 1 N–H and O–H groups in total. The maximum atomic E-state index is 13.4. The summed E-state index contributed by atoms with van der Waals surface area (Å²) < 4.78 is 46.6. The smallest absolute Gasteiger partial charge is 0.264 e. The van der Waals surface area contributed by atoms with Gasteiger partial charge in [0.2, 0.25) is 5.91 Å². The molecule has 0 aliphatic rings. The van der Waals surface area contributed by atoms with Crippen molar-refractivity contribution in [1.29, 1.82) is 0 Å². The second kappa shape index (κ2) is 9.61. The normalized spacial score (nSPS) is 11.1. The first kappa shape index (κ1) is 22.3. The molecule has 0 aromatic heterocycles. The summed E-state index contributed by atoms with van der Waals surface area (Å²) in [7, 11) is -4.03. The largest absolute Gasteiger partial charge is 0.494 e. The van der Waals surface area contributed by atoms with Crippen molar-refractivity contribution in [2.24, 2.45) is 0 Å². The number of carbonyl (C=O) groups is 1. The van der Waals surface area contributed by atoms with Crippen molar-refractivity contribution in [3.05, 3.63) is 84.2 Å². The van der Waals surface area contributed by atoms with Crippen LogP contribution in [0.15, 0.2) is 77.7 Å². The predicted octanol–water partition coefficient (Wildman–Crippen LogP) is 4.37. The summed E-state index contributed by atoms with van der Waals surface area (Å²) in [6.45, 7) is 3.69. The molecule has 0 aliphatic heterocycles. The maximum absolute atomic E-state index is 13.4. The molecular formula is C23H23FN2O4S. The molecule has 0 saturated carbocycles. The topological polar surface area (TPSA) is 75.7 Å². The predicted molar refractivity (Wildman–Crippen MR) is 118 cm³/mol. The molecule has 162 valence electrons. The first-order valence-electron chi connectivity index (χ1n) is 9.67. The third-order valence-electron chi connectivity index (χ3n) is 4.44. The monoisotopic (exact) mass is 442 g/mol. The molecule has 0 spiro atoms. The van der Waals surface area contributed by atoms with Crippen LogP contribution in [0.4, 0.5) is 15.8 Å². The van der Waals surface area contributed by atoms with Crippen molar-refractivity contribution in [3.63, 3.8) is 0 Å². The van der Waals surface area contributed by atoms with Crippen molar-refractivity contribution in [2.45, 2.75) is 18.7 Å². The number of nitrogens with one attached hydrogen (secondary N) is 1. The van der Waals surface area contributed by atoms with E-state index in [1.165, 1.54) is 30.3 Å². The van der Waals surface area contributed by atoms with E-state index in [0.717, 1.165) is 15.9 Å². The quantitative estimate of drug-likeness (QED) is 0.562. The van der Waals surface area contributed by atoms with E-state index in [4.69, 9.17) is 4.74 Å². The van der Waals surface area contributed by atoms with Gasteiger partial charge in [-0.3, -0.25) is 9.10 Å². The van der Waals surface area contributed by atoms with Crippen LogP contribution in [0.5, 0.6) is 5.75 Å². The molecule has 0 aliphatic carbocycles. The molecule has 3 aromatic rings. The first-order chi connectivity index (χ1) is 14.8. The number of benzene rings is 3. The molecule has 6 nitrogen and oxygen atoms in total. The zero-order valence-electron chi connectivity index (χ0n) is 17.2. The minimum absolute atomic E-state index is 0.0607. The molecule has 1 amide bonds. The van der Waals surface area contributed by atoms with E-state index in [2.05, 4.69) is 5.32 Å². The Balaban J connectivity index is 1.93. The zero-order valence-corrected chi connectivity index (χ0v) is 18.0. The zero-order chi connectivity index (χ0) is 22.4. The summed E-state index contributed by atoms with van der Waals surface area (Å²) in [5.41, 5.74) is 1.46. The summed E-state index contributed by atoms with van der Waals surface area (Å²) in [5.74, 6) is -0.522. The standard InChI is InChI=1S/C23H23FN2O4S/c1-3-30-21-11-9-20(10-12-21)26(31(28,29)22-13-7-17(2)8-14-22)16-23(27)25-19-6-4-5-18(24)15-19/h4-15H,3,16H2,1-2H3,(H,25,27). The molecule has 3 aromatic carbocycles. The van der Waals surface area contributed by atoms with Crippen LogP contribution in [0.25, 0.3) is 0 Å². The molecule has 0 bridgehead atoms. The molecule has 3 rings (SSSR count). The van der Waals surface area contributed by atoms with Gasteiger partial charge in [-0.2, -0.15) is 0 Å². The Hall–Kier alpha value is -3.39. The number of hydrogen-bond donors (Lipinski definition) is 1. The minimum Gasteiger partial charge on any atom is -0.494 e. The van der Waals surface area contributed by atoms with Gasteiger partial charge in [0.15, 0.2) is 0 Å².